The molecule has 22 heavy (non-hydrogen) atoms. The summed E-state index contributed by atoms with van der Waals surface area (Å²) in [5, 5.41) is 13.6. The average Bonchev–Trinajstić information content (AvgIpc) is 2.57. The van der Waals surface area contributed by atoms with Crippen molar-refractivity contribution in [1.82, 2.24) is 4.98 Å². The fraction of sp³-hybridized carbons (Fsp3) is 0.0526. The molecule has 1 aromatic heterocycles. The van der Waals surface area contributed by atoms with Crippen LogP contribution in [0.2, 0.25) is 0 Å². The van der Waals surface area contributed by atoms with Crippen LogP contribution in [0.25, 0.3) is 32.6 Å². The quantitative estimate of drug-likeness (QED) is 0.486. The van der Waals surface area contributed by atoms with Gasteiger partial charge in [-0.05, 0) is 41.1 Å². The molecule has 0 atom stereocenters. The molecule has 104 valence electrons. The third-order valence-electron chi connectivity index (χ3n) is 3.96. The van der Waals surface area contributed by atoms with Gasteiger partial charge in [-0.3, -0.25) is 0 Å². The van der Waals surface area contributed by atoms with E-state index in [0.29, 0.717) is 5.56 Å². The second-order valence-corrected chi connectivity index (χ2v) is 5.20. The van der Waals surface area contributed by atoms with Crippen LogP contribution in [0.5, 0.6) is 5.75 Å². The number of fused-ring (bicyclic) bond motifs is 3. The molecule has 0 aliphatic rings. The molecule has 0 aliphatic carbocycles. The van der Waals surface area contributed by atoms with Gasteiger partial charge in [-0.2, -0.15) is 5.26 Å². The maximum absolute atomic E-state index is 9.65. The number of aromatic nitrogens is 1. The number of hydrogen-bond donors (Lipinski definition) is 0. The van der Waals surface area contributed by atoms with E-state index in [4.69, 9.17) is 9.72 Å². The van der Waals surface area contributed by atoms with Crippen LogP contribution in [0.3, 0.4) is 0 Å². The van der Waals surface area contributed by atoms with Gasteiger partial charge in [0.1, 0.15) is 11.8 Å². The fourth-order valence-electron chi connectivity index (χ4n) is 2.86. The monoisotopic (exact) mass is 284 g/mol. The van der Waals surface area contributed by atoms with E-state index in [0.717, 1.165) is 38.3 Å². The molecule has 0 spiro atoms. The van der Waals surface area contributed by atoms with E-state index in [-0.39, 0.29) is 0 Å². The summed E-state index contributed by atoms with van der Waals surface area (Å²) >= 11 is 0. The van der Waals surface area contributed by atoms with Crippen LogP contribution >= 0.6 is 0 Å². The molecule has 0 N–H and O–H groups in total. The van der Waals surface area contributed by atoms with Crippen LogP contribution < -0.4 is 4.74 Å². The van der Waals surface area contributed by atoms with Gasteiger partial charge in [0.25, 0.3) is 0 Å². The van der Waals surface area contributed by atoms with Gasteiger partial charge in [0, 0.05) is 10.8 Å². The molecule has 0 aliphatic heterocycles. The Morgan fingerprint density at radius 2 is 1.64 bits per heavy atom. The topological polar surface area (TPSA) is 45.9 Å². The van der Waals surface area contributed by atoms with E-state index >= 15 is 0 Å². The van der Waals surface area contributed by atoms with Crippen molar-refractivity contribution in [2.24, 2.45) is 0 Å². The molecule has 3 nitrogen and oxygen atoms in total. The van der Waals surface area contributed by atoms with Gasteiger partial charge in [-0.15, -0.1) is 0 Å². The number of ether oxygens (including phenoxy) is 1. The molecular formula is C19H12N2O. The Morgan fingerprint density at radius 3 is 2.36 bits per heavy atom. The summed E-state index contributed by atoms with van der Waals surface area (Å²) in [6.45, 7) is 0. The number of hydrogen-bond acceptors (Lipinski definition) is 3. The first kappa shape index (κ1) is 12.6. The third kappa shape index (κ3) is 1.78. The first-order chi connectivity index (χ1) is 10.8. The molecule has 4 rings (SSSR count). The van der Waals surface area contributed by atoms with Gasteiger partial charge in [0.05, 0.1) is 23.7 Å². The lowest BCUT2D eigenvalue weighted by atomic mass is 10.00. The van der Waals surface area contributed by atoms with Crippen molar-refractivity contribution < 1.29 is 4.74 Å². The molecule has 0 saturated heterocycles. The SMILES string of the molecule is COc1ccc2nc3cc4ccccc4cc3c(C#N)c2c1. The Morgan fingerprint density at radius 1 is 0.909 bits per heavy atom. The number of nitrogens with zero attached hydrogens (tertiary/aromatic N) is 2. The van der Waals surface area contributed by atoms with Crippen LogP contribution in [0.4, 0.5) is 0 Å². The highest BCUT2D eigenvalue weighted by Crippen LogP contribution is 2.30. The molecule has 0 unspecified atom stereocenters. The minimum Gasteiger partial charge on any atom is -0.497 e. The van der Waals surface area contributed by atoms with Crippen LogP contribution in [0, 0.1) is 11.3 Å². The fourth-order valence-corrected chi connectivity index (χ4v) is 2.86. The first-order valence-corrected chi connectivity index (χ1v) is 7.00. The van der Waals surface area contributed by atoms with E-state index in [1.165, 1.54) is 0 Å². The van der Waals surface area contributed by atoms with Gasteiger partial charge >= 0.3 is 0 Å². The molecular weight excluding hydrogens is 272 g/mol. The van der Waals surface area contributed by atoms with Crippen molar-refractivity contribution in [3.63, 3.8) is 0 Å². The summed E-state index contributed by atoms with van der Waals surface area (Å²) in [7, 11) is 1.62. The molecule has 0 radical (unpaired) electrons. The van der Waals surface area contributed by atoms with E-state index in [1.807, 2.05) is 48.5 Å². The molecule has 3 aromatic carbocycles. The average molecular weight is 284 g/mol. The lowest BCUT2D eigenvalue weighted by molar-refractivity contribution is 0.415. The lowest BCUT2D eigenvalue weighted by Crippen LogP contribution is -1.91. The number of nitriles is 1. The van der Waals surface area contributed by atoms with Crippen molar-refractivity contribution in [2.75, 3.05) is 7.11 Å². The van der Waals surface area contributed by atoms with Gasteiger partial charge in [0.2, 0.25) is 0 Å². The van der Waals surface area contributed by atoms with E-state index in [2.05, 4.69) is 12.1 Å². The van der Waals surface area contributed by atoms with Crippen LogP contribution in [0.1, 0.15) is 5.56 Å². The third-order valence-corrected chi connectivity index (χ3v) is 3.96. The zero-order valence-corrected chi connectivity index (χ0v) is 12.0. The summed E-state index contributed by atoms with van der Waals surface area (Å²) in [6.07, 6.45) is 0. The van der Waals surface area contributed by atoms with Crippen molar-refractivity contribution in [3.8, 4) is 11.8 Å². The van der Waals surface area contributed by atoms with Gasteiger partial charge in [0.15, 0.2) is 0 Å². The standard InChI is InChI=1S/C19H12N2O/c1-22-14-6-7-18-16(10-14)17(11-20)15-8-12-4-2-3-5-13(12)9-19(15)21-18/h2-10H,1H3. The molecule has 3 heteroatoms. The van der Waals surface area contributed by atoms with Crippen LogP contribution in [-0.2, 0) is 0 Å². The summed E-state index contributed by atoms with van der Waals surface area (Å²) in [5.74, 6) is 0.728. The maximum Gasteiger partial charge on any atom is 0.119 e. The molecule has 0 saturated carbocycles. The van der Waals surface area contributed by atoms with Crippen LogP contribution in [0.15, 0.2) is 54.6 Å². The largest absolute Gasteiger partial charge is 0.497 e. The highest BCUT2D eigenvalue weighted by molar-refractivity contribution is 6.05. The molecule has 4 aromatic rings. The Labute approximate surface area is 127 Å². The predicted molar refractivity (Wildman–Crippen MR) is 88.0 cm³/mol. The van der Waals surface area contributed by atoms with E-state index in [9.17, 15) is 5.26 Å². The minimum absolute atomic E-state index is 0.643. The summed E-state index contributed by atoms with van der Waals surface area (Å²) in [4.78, 5) is 4.71. The number of pyridine rings is 1. The molecule has 0 fully saturated rings. The molecule has 0 bridgehead atoms. The Bertz CT molecular complexity index is 1080. The summed E-state index contributed by atoms with van der Waals surface area (Å²) in [6, 6.07) is 20.1. The number of methoxy groups -OCH3 is 1. The molecule has 1 heterocycles. The van der Waals surface area contributed by atoms with E-state index < -0.39 is 0 Å². The zero-order valence-electron chi connectivity index (χ0n) is 12.0. The normalized spacial score (nSPS) is 10.9. The Hall–Kier alpha value is -3.12. The van der Waals surface area contributed by atoms with Crippen molar-refractivity contribution in [2.45, 2.75) is 0 Å². The molecule has 0 amide bonds. The highest BCUT2D eigenvalue weighted by Gasteiger charge is 2.11. The van der Waals surface area contributed by atoms with Gasteiger partial charge < -0.3 is 4.74 Å². The van der Waals surface area contributed by atoms with E-state index in [1.54, 1.807) is 7.11 Å². The number of rotatable bonds is 1. The first-order valence-electron chi connectivity index (χ1n) is 7.00. The summed E-state index contributed by atoms with van der Waals surface area (Å²) < 4.78 is 5.27. The van der Waals surface area contributed by atoms with Crippen LogP contribution in [-0.4, -0.2) is 12.1 Å². The van der Waals surface area contributed by atoms with Crippen molar-refractivity contribution in [1.29, 1.82) is 5.26 Å². The smallest absolute Gasteiger partial charge is 0.119 e. The zero-order chi connectivity index (χ0) is 15.1. The second-order valence-electron chi connectivity index (χ2n) is 5.20. The predicted octanol–water partition coefficient (Wildman–Crippen LogP) is 4.42. The highest BCUT2D eigenvalue weighted by atomic mass is 16.5. The second kappa shape index (κ2) is 4.71. The Kier molecular flexibility index (Phi) is 2.70. The van der Waals surface area contributed by atoms with Gasteiger partial charge in [-0.1, -0.05) is 24.3 Å². The Balaban J connectivity index is 2.21. The number of benzene rings is 3. The van der Waals surface area contributed by atoms with Gasteiger partial charge in [-0.25, -0.2) is 4.98 Å². The minimum atomic E-state index is 0.643. The lowest BCUT2D eigenvalue weighted by Gasteiger charge is -2.08. The van der Waals surface area contributed by atoms with Crippen molar-refractivity contribution in [3.05, 3.63) is 60.2 Å². The van der Waals surface area contributed by atoms with Crippen molar-refractivity contribution >= 4 is 32.6 Å². The summed E-state index contributed by atoms with van der Waals surface area (Å²) in [5.41, 5.74) is 2.29. The maximum atomic E-state index is 9.65.